The Labute approximate surface area is 43.1 Å². The molecule has 0 amide bonds. The lowest BCUT2D eigenvalue weighted by Crippen LogP contribution is -2.00. The first-order valence-electron chi connectivity index (χ1n) is 2.14. The van der Waals surface area contributed by atoms with E-state index >= 15 is 0 Å². The zero-order chi connectivity index (χ0) is 5.54. The summed E-state index contributed by atoms with van der Waals surface area (Å²) < 4.78 is 0. The van der Waals surface area contributed by atoms with E-state index in [0.29, 0.717) is 6.61 Å². The van der Waals surface area contributed by atoms with Crippen molar-refractivity contribution in [3.63, 3.8) is 0 Å². The Morgan fingerprint density at radius 1 is 1.86 bits per heavy atom. The van der Waals surface area contributed by atoms with E-state index in [4.69, 9.17) is 5.90 Å². The summed E-state index contributed by atoms with van der Waals surface area (Å²) in [5.41, 5.74) is 0. The minimum Gasteiger partial charge on any atom is -0.304 e. The van der Waals surface area contributed by atoms with Crippen molar-refractivity contribution in [1.82, 2.24) is 0 Å². The second kappa shape index (κ2) is 5.59. The van der Waals surface area contributed by atoms with Crippen LogP contribution >= 0.6 is 0 Å². The number of hydrogen-bond donors (Lipinski definition) is 1. The second-order valence-electron chi connectivity index (χ2n) is 1.10. The van der Waals surface area contributed by atoms with Gasteiger partial charge in [-0.3, -0.25) is 0 Å². The van der Waals surface area contributed by atoms with Gasteiger partial charge in [-0.15, -0.1) is 0 Å². The van der Waals surface area contributed by atoms with E-state index in [9.17, 15) is 0 Å². The Kier molecular flexibility index (Phi) is 5.26. The van der Waals surface area contributed by atoms with Gasteiger partial charge in [0.25, 0.3) is 0 Å². The van der Waals surface area contributed by atoms with Crippen molar-refractivity contribution >= 4 is 6.21 Å². The molecule has 0 heterocycles. The molecule has 3 heteroatoms. The molecule has 0 aromatic heterocycles. The Bertz CT molecular complexity index is 53.7. The third kappa shape index (κ3) is 5.59. The molecule has 2 N–H and O–H groups in total. The summed E-state index contributed by atoms with van der Waals surface area (Å²) in [7, 11) is 1.72. The lowest BCUT2D eigenvalue weighted by atomic mass is 10.5. The highest BCUT2D eigenvalue weighted by molar-refractivity contribution is 5.56. The summed E-state index contributed by atoms with van der Waals surface area (Å²) >= 11 is 0. The standard InChI is InChI=1S/C4H10N2O/c1-6-3-2-4-7-5/h3H,2,4-5H2,1H3. The molecule has 0 rings (SSSR count). The van der Waals surface area contributed by atoms with Crippen LogP contribution in [0, 0.1) is 0 Å². The van der Waals surface area contributed by atoms with Gasteiger partial charge in [0, 0.05) is 19.7 Å². The molecule has 0 spiro atoms. The lowest BCUT2D eigenvalue weighted by molar-refractivity contribution is 0.146. The lowest BCUT2D eigenvalue weighted by Gasteiger charge is -1.86. The van der Waals surface area contributed by atoms with Crippen LogP contribution in [0.3, 0.4) is 0 Å². The fourth-order valence-electron chi connectivity index (χ4n) is 0.250. The fourth-order valence-corrected chi connectivity index (χ4v) is 0.250. The van der Waals surface area contributed by atoms with Crippen LogP contribution in [0.25, 0.3) is 0 Å². The second-order valence-corrected chi connectivity index (χ2v) is 1.10. The number of nitrogens with two attached hydrogens (primary N) is 1. The maximum absolute atomic E-state index is 4.71. The van der Waals surface area contributed by atoms with E-state index in [-0.39, 0.29) is 0 Å². The molecular weight excluding hydrogens is 92.1 g/mol. The predicted octanol–water partition coefficient (Wildman–Crippen LogP) is -0.0326. The van der Waals surface area contributed by atoms with Crippen molar-refractivity contribution in [3.8, 4) is 0 Å². The normalized spacial score (nSPS) is 10.6. The van der Waals surface area contributed by atoms with Crippen LogP contribution in [0.5, 0.6) is 0 Å². The van der Waals surface area contributed by atoms with Crippen molar-refractivity contribution in [1.29, 1.82) is 0 Å². The molecule has 0 aliphatic heterocycles. The molecule has 42 valence electrons. The predicted molar refractivity (Wildman–Crippen MR) is 29.2 cm³/mol. The van der Waals surface area contributed by atoms with E-state index in [1.807, 2.05) is 0 Å². The zero-order valence-electron chi connectivity index (χ0n) is 4.42. The summed E-state index contributed by atoms with van der Waals surface area (Å²) in [4.78, 5) is 7.97. The molecular formula is C4H10N2O. The van der Waals surface area contributed by atoms with Crippen LogP contribution in [0.1, 0.15) is 6.42 Å². The summed E-state index contributed by atoms with van der Waals surface area (Å²) in [6, 6.07) is 0. The average Bonchev–Trinajstić information content (AvgIpc) is 1.69. The number of hydrogen-bond acceptors (Lipinski definition) is 3. The monoisotopic (exact) mass is 102 g/mol. The first-order chi connectivity index (χ1) is 3.41. The summed E-state index contributed by atoms with van der Waals surface area (Å²) in [6.45, 7) is 0.553. The van der Waals surface area contributed by atoms with E-state index in [1.165, 1.54) is 0 Å². The molecule has 0 fully saturated rings. The SMILES string of the molecule is CN=CCCON. The van der Waals surface area contributed by atoms with Gasteiger partial charge in [-0.1, -0.05) is 0 Å². The first kappa shape index (κ1) is 6.59. The van der Waals surface area contributed by atoms with E-state index in [1.54, 1.807) is 13.3 Å². The van der Waals surface area contributed by atoms with Crippen molar-refractivity contribution in [2.24, 2.45) is 10.9 Å². The molecule has 0 saturated heterocycles. The van der Waals surface area contributed by atoms with Crippen LogP contribution in [-0.2, 0) is 4.84 Å². The number of aliphatic imine (C=N–C) groups is 1. The highest BCUT2D eigenvalue weighted by Crippen LogP contribution is 1.69. The molecule has 0 aliphatic carbocycles. The quantitative estimate of drug-likeness (QED) is 0.309. The van der Waals surface area contributed by atoms with E-state index < -0.39 is 0 Å². The first-order valence-corrected chi connectivity index (χ1v) is 2.14. The van der Waals surface area contributed by atoms with Gasteiger partial charge in [-0.2, -0.15) is 0 Å². The molecule has 3 nitrogen and oxygen atoms in total. The summed E-state index contributed by atoms with van der Waals surface area (Å²) in [6.07, 6.45) is 2.56. The van der Waals surface area contributed by atoms with Gasteiger partial charge < -0.3 is 9.83 Å². The number of rotatable bonds is 3. The molecule has 0 aliphatic rings. The van der Waals surface area contributed by atoms with Crippen molar-refractivity contribution in [2.75, 3.05) is 13.7 Å². The van der Waals surface area contributed by atoms with E-state index in [0.717, 1.165) is 6.42 Å². The third-order valence-electron chi connectivity index (χ3n) is 0.547. The molecule has 0 bridgehead atoms. The molecule has 7 heavy (non-hydrogen) atoms. The van der Waals surface area contributed by atoms with Gasteiger partial charge in [0.1, 0.15) is 0 Å². The molecule has 0 saturated carbocycles. The van der Waals surface area contributed by atoms with Crippen LogP contribution in [0.4, 0.5) is 0 Å². The van der Waals surface area contributed by atoms with Gasteiger partial charge in [0.05, 0.1) is 6.61 Å². The van der Waals surface area contributed by atoms with Crippen molar-refractivity contribution < 1.29 is 4.84 Å². The van der Waals surface area contributed by atoms with Gasteiger partial charge in [0.2, 0.25) is 0 Å². The van der Waals surface area contributed by atoms with Crippen LogP contribution in [-0.4, -0.2) is 19.9 Å². The molecule has 0 unspecified atom stereocenters. The minimum absolute atomic E-state index is 0.553. The Morgan fingerprint density at radius 2 is 2.57 bits per heavy atom. The van der Waals surface area contributed by atoms with Gasteiger partial charge in [-0.05, 0) is 0 Å². The van der Waals surface area contributed by atoms with Crippen LogP contribution in [0.2, 0.25) is 0 Å². The minimum atomic E-state index is 0.553. The maximum atomic E-state index is 4.71. The van der Waals surface area contributed by atoms with Gasteiger partial charge in [0.15, 0.2) is 0 Å². The summed E-state index contributed by atoms with van der Waals surface area (Å²) in [5, 5.41) is 0. The Morgan fingerprint density at radius 3 is 3.00 bits per heavy atom. The van der Waals surface area contributed by atoms with Crippen LogP contribution in [0.15, 0.2) is 4.99 Å². The molecule has 0 aromatic rings. The van der Waals surface area contributed by atoms with Crippen molar-refractivity contribution in [3.05, 3.63) is 0 Å². The average molecular weight is 102 g/mol. The fraction of sp³-hybridized carbons (Fsp3) is 0.750. The van der Waals surface area contributed by atoms with Gasteiger partial charge >= 0.3 is 0 Å². The maximum Gasteiger partial charge on any atom is 0.0728 e. The molecule has 0 radical (unpaired) electrons. The molecule has 0 aromatic carbocycles. The number of nitrogens with zero attached hydrogens (tertiary/aromatic N) is 1. The smallest absolute Gasteiger partial charge is 0.0728 e. The Hall–Kier alpha value is -0.410. The molecule has 0 atom stereocenters. The zero-order valence-corrected chi connectivity index (χ0v) is 4.42. The van der Waals surface area contributed by atoms with E-state index in [2.05, 4.69) is 9.83 Å². The third-order valence-corrected chi connectivity index (χ3v) is 0.547. The largest absolute Gasteiger partial charge is 0.304 e. The summed E-state index contributed by atoms with van der Waals surface area (Å²) in [5.74, 6) is 4.71. The van der Waals surface area contributed by atoms with Crippen molar-refractivity contribution in [2.45, 2.75) is 6.42 Å². The Balaban J connectivity index is 2.69. The highest BCUT2D eigenvalue weighted by atomic mass is 16.6. The van der Waals surface area contributed by atoms with Gasteiger partial charge in [-0.25, -0.2) is 5.90 Å². The highest BCUT2D eigenvalue weighted by Gasteiger charge is 1.73. The van der Waals surface area contributed by atoms with Crippen LogP contribution < -0.4 is 5.90 Å². The topological polar surface area (TPSA) is 47.6 Å².